The highest BCUT2D eigenvalue weighted by atomic mass is 35.5. The second kappa shape index (κ2) is 7.02. The number of aromatic amines is 1. The number of benzene rings is 2. The molecule has 2 N–H and O–H groups in total. The van der Waals surface area contributed by atoms with Crippen molar-refractivity contribution >= 4 is 23.2 Å². The lowest BCUT2D eigenvalue weighted by atomic mass is 9.85. The van der Waals surface area contributed by atoms with E-state index in [4.69, 9.17) is 11.6 Å². The summed E-state index contributed by atoms with van der Waals surface area (Å²) in [5.41, 5.74) is 4.39. The molecule has 0 saturated carbocycles. The number of nitrogens with zero attached hydrogens (tertiary/aromatic N) is 5. The molecule has 0 aliphatic carbocycles. The number of hydrogen-bond acceptors (Lipinski definition) is 6. The van der Waals surface area contributed by atoms with Crippen LogP contribution in [0.5, 0.6) is 0 Å². The highest BCUT2D eigenvalue weighted by molar-refractivity contribution is 6.30. The number of anilines is 2. The predicted octanol–water partition coefficient (Wildman–Crippen LogP) is 4.07. The molecule has 156 valence electrons. The first kappa shape index (κ1) is 19.4. The third-order valence-corrected chi connectivity index (χ3v) is 5.73. The van der Waals surface area contributed by atoms with Crippen molar-refractivity contribution in [3.8, 4) is 11.3 Å². The van der Waals surface area contributed by atoms with E-state index in [0.717, 1.165) is 11.1 Å². The summed E-state index contributed by atoms with van der Waals surface area (Å²) in [7, 11) is 0. The molecule has 0 unspecified atom stereocenters. The lowest BCUT2D eigenvalue weighted by molar-refractivity contribution is 0.564. The summed E-state index contributed by atoms with van der Waals surface area (Å²) in [6.07, 6.45) is 0. The van der Waals surface area contributed by atoms with Crippen LogP contribution in [0.2, 0.25) is 5.02 Å². The van der Waals surface area contributed by atoms with Crippen LogP contribution in [-0.2, 0) is 5.41 Å². The minimum Gasteiger partial charge on any atom is -0.318 e. The molecule has 2 aromatic carbocycles. The third-order valence-electron chi connectivity index (χ3n) is 5.48. The first-order valence-corrected chi connectivity index (χ1v) is 10.2. The van der Waals surface area contributed by atoms with Gasteiger partial charge in [-0.3, -0.25) is 4.79 Å². The number of fused-ring (bicyclic) bond motifs is 2. The van der Waals surface area contributed by atoms with Crippen molar-refractivity contribution in [1.29, 1.82) is 0 Å². The molecule has 1 atom stereocenters. The van der Waals surface area contributed by atoms with Gasteiger partial charge in [0.05, 0.1) is 5.69 Å². The first-order chi connectivity index (χ1) is 14.8. The summed E-state index contributed by atoms with van der Waals surface area (Å²) in [6, 6.07) is 15.2. The number of hydrogen-bond donors (Lipinski definition) is 2. The quantitative estimate of drug-likeness (QED) is 0.435. The largest absolute Gasteiger partial charge is 0.318 e. The fourth-order valence-corrected chi connectivity index (χ4v) is 3.96. The van der Waals surface area contributed by atoms with Crippen LogP contribution in [0.1, 0.15) is 43.5 Å². The highest BCUT2D eigenvalue weighted by Gasteiger charge is 2.34. The van der Waals surface area contributed by atoms with Crippen molar-refractivity contribution in [1.82, 2.24) is 30.4 Å². The number of rotatable bonds is 2. The van der Waals surface area contributed by atoms with E-state index in [0.29, 0.717) is 27.9 Å². The van der Waals surface area contributed by atoms with Crippen LogP contribution in [0, 0.1) is 0 Å². The highest BCUT2D eigenvalue weighted by Crippen LogP contribution is 2.41. The van der Waals surface area contributed by atoms with E-state index < -0.39 is 6.04 Å². The molecule has 0 amide bonds. The predicted molar refractivity (Wildman–Crippen MR) is 119 cm³/mol. The van der Waals surface area contributed by atoms with Crippen LogP contribution in [0.4, 0.5) is 11.6 Å². The van der Waals surface area contributed by atoms with Gasteiger partial charge in [-0.25, -0.2) is 5.10 Å². The van der Waals surface area contributed by atoms with Gasteiger partial charge in [-0.05, 0) is 39.1 Å². The van der Waals surface area contributed by atoms with Gasteiger partial charge in [0.15, 0.2) is 0 Å². The molecule has 9 heteroatoms. The topological polar surface area (TPSA) is 101 Å². The van der Waals surface area contributed by atoms with Crippen molar-refractivity contribution < 1.29 is 0 Å². The smallest absolute Gasteiger partial charge is 0.288 e. The Morgan fingerprint density at radius 2 is 1.74 bits per heavy atom. The van der Waals surface area contributed by atoms with Crippen molar-refractivity contribution in [2.45, 2.75) is 32.2 Å². The molecule has 8 nitrogen and oxygen atoms in total. The Morgan fingerprint density at radius 1 is 1.03 bits per heavy atom. The zero-order valence-electron chi connectivity index (χ0n) is 17.2. The monoisotopic (exact) mass is 433 g/mol. The minimum atomic E-state index is -0.421. The van der Waals surface area contributed by atoms with Crippen molar-refractivity contribution in [2.75, 3.05) is 5.32 Å². The van der Waals surface area contributed by atoms with Gasteiger partial charge in [0.1, 0.15) is 11.7 Å². The average molecular weight is 434 g/mol. The van der Waals surface area contributed by atoms with Gasteiger partial charge in [0.2, 0.25) is 5.95 Å². The van der Waals surface area contributed by atoms with Gasteiger partial charge in [0.25, 0.3) is 5.56 Å². The number of nitrogens with one attached hydrogen (secondary N) is 2. The number of H-pyrrole nitrogens is 1. The number of halogens is 1. The van der Waals surface area contributed by atoms with Crippen molar-refractivity contribution in [3.05, 3.63) is 80.6 Å². The molecule has 3 heterocycles. The molecule has 2 aromatic heterocycles. The lowest BCUT2D eigenvalue weighted by Gasteiger charge is -2.28. The molecule has 0 radical (unpaired) electrons. The van der Waals surface area contributed by atoms with Crippen molar-refractivity contribution in [2.24, 2.45) is 0 Å². The second-order valence-electron chi connectivity index (χ2n) is 8.54. The molecule has 4 aromatic rings. The first-order valence-electron chi connectivity index (χ1n) is 9.87. The van der Waals surface area contributed by atoms with E-state index in [1.807, 2.05) is 12.1 Å². The summed E-state index contributed by atoms with van der Waals surface area (Å²) in [6.45, 7) is 6.51. The Morgan fingerprint density at radius 3 is 2.42 bits per heavy atom. The van der Waals surface area contributed by atoms with Gasteiger partial charge < -0.3 is 5.32 Å². The molecule has 0 saturated heterocycles. The Labute approximate surface area is 183 Å². The molecular weight excluding hydrogens is 414 g/mol. The lowest BCUT2D eigenvalue weighted by Crippen LogP contribution is -2.29. The molecule has 0 spiro atoms. The maximum absolute atomic E-state index is 12.7. The van der Waals surface area contributed by atoms with E-state index in [2.05, 4.69) is 76.1 Å². The van der Waals surface area contributed by atoms with Gasteiger partial charge >= 0.3 is 0 Å². The fourth-order valence-electron chi connectivity index (χ4n) is 3.84. The SMILES string of the molecule is CC(C)(C)c1ccc([C@H]2c3c(-c4ccc(Cl)cc4)n[nH]c(=O)c3Nc3nnnn32)cc1. The zero-order valence-corrected chi connectivity index (χ0v) is 18.0. The Kier molecular flexibility index (Phi) is 4.40. The van der Waals surface area contributed by atoms with Gasteiger partial charge in [-0.1, -0.05) is 73.9 Å². The van der Waals surface area contributed by atoms with Crippen LogP contribution in [0.15, 0.2) is 53.3 Å². The summed E-state index contributed by atoms with van der Waals surface area (Å²) in [4.78, 5) is 12.7. The normalized spacial score (nSPS) is 15.2. The number of tetrazole rings is 1. The van der Waals surface area contributed by atoms with Crippen LogP contribution in [0.25, 0.3) is 11.3 Å². The van der Waals surface area contributed by atoms with Crippen molar-refractivity contribution in [3.63, 3.8) is 0 Å². The summed E-state index contributed by atoms with van der Waals surface area (Å²) in [5.74, 6) is 0.399. The Bertz CT molecular complexity index is 1320. The molecular formula is C22H20ClN7O. The van der Waals surface area contributed by atoms with E-state index in [9.17, 15) is 4.79 Å². The zero-order chi connectivity index (χ0) is 21.8. The molecule has 0 fully saturated rings. The molecule has 0 bridgehead atoms. The van der Waals surface area contributed by atoms with Gasteiger partial charge in [0, 0.05) is 16.1 Å². The Hall–Kier alpha value is -3.52. The fraction of sp³-hybridized carbons (Fsp3) is 0.227. The summed E-state index contributed by atoms with van der Waals surface area (Å²) >= 11 is 6.07. The average Bonchev–Trinajstić information content (AvgIpc) is 3.21. The second-order valence-corrected chi connectivity index (χ2v) is 8.98. The summed E-state index contributed by atoms with van der Waals surface area (Å²) < 4.78 is 1.68. The van der Waals surface area contributed by atoms with E-state index in [1.165, 1.54) is 5.56 Å². The molecule has 5 rings (SSSR count). The van der Waals surface area contributed by atoms with Crippen LogP contribution < -0.4 is 10.9 Å². The minimum absolute atomic E-state index is 0.0255. The van der Waals surface area contributed by atoms with E-state index in [1.54, 1.807) is 16.8 Å². The van der Waals surface area contributed by atoms with E-state index in [-0.39, 0.29) is 11.0 Å². The third kappa shape index (κ3) is 3.29. The summed E-state index contributed by atoms with van der Waals surface area (Å²) in [5, 5.41) is 22.7. The molecule has 1 aliphatic rings. The molecule has 31 heavy (non-hydrogen) atoms. The number of aromatic nitrogens is 6. The van der Waals surface area contributed by atoms with Crippen LogP contribution in [-0.4, -0.2) is 30.4 Å². The maximum atomic E-state index is 12.7. The molecule has 1 aliphatic heterocycles. The maximum Gasteiger partial charge on any atom is 0.288 e. The van der Waals surface area contributed by atoms with Gasteiger partial charge in [-0.2, -0.15) is 9.78 Å². The Balaban J connectivity index is 1.75. The van der Waals surface area contributed by atoms with Crippen LogP contribution >= 0.6 is 11.6 Å². The van der Waals surface area contributed by atoms with E-state index >= 15 is 0 Å². The van der Waals surface area contributed by atoms with Crippen LogP contribution in [0.3, 0.4) is 0 Å². The van der Waals surface area contributed by atoms with Gasteiger partial charge in [-0.15, -0.1) is 0 Å². The standard InChI is InChI=1S/C22H20ClN7O/c1-22(2,3)14-8-4-13(5-9-14)19-16-17(12-6-10-15(23)11-7-12)25-26-20(31)18(16)24-21-27-28-29-30(19)21/h4-11,19H,1-3H3,(H,26,31)(H,24,27,29)/t19-/m0/s1.